The molecule has 0 radical (unpaired) electrons. The Hall–Kier alpha value is -1.26. The zero-order chi connectivity index (χ0) is 13.7. The number of esters is 1. The van der Waals surface area contributed by atoms with E-state index in [1.807, 2.05) is 12.1 Å². The quantitative estimate of drug-likeness (QED) is 0.846. The van der Waals surface area contributed by atoms with Gasteiger partial charge in [-0.3, -0.25) is 0 Å². The Kier molecular flexibility index (Phi) is 6.82. The zero-order valence-corrected chi connectivity index (χ0v) is 12.6. The van der Waals surface area contributed by atoms with Crippen molar-refractivity contribution in [3.05, 3.63) is 29.3 Å². The molecule has 0 spiro atoms. The highest BCUT2D eigenvalue weighted by molar-refractivity contribution is 5.85. The molecular weight excluding hydrogens is 278 g/mol. The van der Waals surface area contributed by atoms with Gasteiger partial charge in [0.05, 0.1) is 6.61 Å². The smallest absolute Gasteiger partial charge is 0.344 e. The van der Waals surface area contributed by atoms with Gasteiger partial charge in [0.15, 0.2) is 6.61 Å². The van der Waals surface area contributed by atoms with Crippen molar-refractivity contribution in [1.82, 2.24) is 0 Å². The largest absolute Gasteiger partial charge is 0.482 e. The third kappa shape index (κ3) is 4.39. The van der Waals surface area contributed by atoms with Gasteiger partial charge in [-0.25, -0.2) is 4.79 Å². The van der Waals surface area contributed by atoms with Gasteiger partial charge in [0.25, 0.3) is 0 Å². The van der Waals surface area contributed by atoms with Crippen molar-refractivity contribution in [2.75, 3.05) is 19.8 Å². The Bertz CT molecular complexity index is 451. The number of benzene rings is 1. The summed E-state index contributed by atoms with van der Waals surface area (Å²) in [5.41, 5.74) is 8.40. The minimum atomic E-state index is -0.333. The number of ether oxygens (including phenoxy) is 2. The highest BCUT2D eigenvalue weighted by atomic mass is 35.5. The number of carbonyl (C=O) groups excluding carboxylic acids is 1. The Morgan fingerprint density at radius 3 is 2.90 bits per heavy atom. The number of halogens is 1. The Balaban J connectivity index is 0.00000200. The minimum Gasteiger partial charge on any atom is -0.482 e. The van der Waals surface area contributed by atoms with Gasteiger partial charge in [0.1, 0.15) is 5.75 Å². The second kappa shape index (κ2) is 8.12. The molecule has 0 saturated carbocycles. The number of rotatable bonds is 5. The first kappa shape index (κ1) is 16.8. The second-order valence-corrected chi connectivity index (χ2v) is 4.87. The van der Waals surface area contributed by atoms with Crippen LogP contribution in [0, 0.1) is 5.92 Å². The van der Waals surface area contributed by atoms with Crippen molar-refractivity contribution in [1.29, 1.82) is 0 Å². The maximum Gasteiger partial charge on any atom is 0.344 e. The molecule has 1 unspecified atom stereocenters. The molecule has 20 heavy (non-hydrogen) atoms. The Labute approximate surface area is 126 Å². The van der Waals surface area contributed by atoms with E-state index in [1.54, 1.807) is 6.92 Å². The summed E-state index contributed by atoms with van der Waals surface area (Å²) in [4.78, 5) is 11.2. The summed E-state index contributed by atoms with van der Waals surface area (Å²) in [6, 6.07) is 6.03. The molecular formula is C15H22ClNO3. The lowest BCUT2D eigenvalue weighted by molar-refractivity contribution is -0.145. The van der Waals surface area contributed by atoms with Crippen molar-refractivity contribution >= 4 is 18.4 Å². The van der Waals surface area contributed by atoms with E-state index in [9.17, 15) is 4.79 Å². The molecule has 112 valence electrons. The minimum absolute atomic E-state index is 0. The molecule has 1 aliphatic rings. The fourth-order valence-electron chi connectivity index (χ4n) is 2.44. The van der Waals surface area contributed by atoms with Crippen molar-refractivity contribution in [3.63, 3.8) is 0 Å². The molecule has 1 aromatic rings. The zero-order valence-electron chi connectivity index (χ0n) is 11.8. The highest BCUT2D eigenvalue weighted by Crippen LogP contribution is 2.28. The molecule has 0 amide bonds. The van der Waals surface area contributed by atoms with Gasteiger partial charge in [0.2, 0.25) is 0 Å². The molecule has 4 nitrogen and oxygen atoms in total. The van der Waals surface area contributed by atoms with Crippen LogP contribution in [0.25, 0.3) is 0 Å². The third-order valence-electron chi connectivity index (χ3n) is 3.50. The summed E-state index contributed by atoms with van der Waals surface area (Å²) in [6.07, 6.45) is 3.24. The molecule has 5 heteroatoms. The van der Waals surface area contributed by atoms with Crippen LogP contribution in [0.1, 0.15) is 24.5 Å². The van der Waals surface area contributed by atoms with Crippen LogP contribution >= 0.6 is 12.4 Å². The van der Waals surface area contributed by atoms with Crippen LogP contribution in [0.3, 0.4) is 0 Å². The maximum absolute atomic E-state index is 11.2. The van der Waals surface area contributed by atoms with Crippen molar-refractivity contribution in [2.24, 2.45) is 11.7 Å². The second-order valence-electron chi connectivity index (χ2n) is 4.87. The molecule has 0 bridgehead atoms. The molecule has 1 aliphatic carbocycles. The normalized spacial score (nSPS) is 16.8. The highest BCUT2D eigenvalue weighted by Gasteiger charge is 2.18. The molecule has 1 atom stereocenters. The number of hydrogen-bond donors (Lipinski definition) is 1. The van der Waals surface area contributed by atoms with Crippen molar-refractivity contribution < 1.29 is 14.3 Å². The SMILES string of the molecule is CCOC(=O)COc1ccc2c(c1)CC(CN)CC2.Cl. The van der Waals surface area contributed by atoms with E-state index in [2.05, 4.69) is 6.07 Å². The molecule has 0 heterocycles. The topological polar surface area (TPSA) is 61.5 Å². The monoisotopic (exact) mass is 299 g/mol. The van der Waals surface area contributed by atoms with Crippen LogP contribution in [0.2, 0.25) is 0 Å². The average Bonchev–Trinajstić information content (AvgIpc) is 2.44. The molecule has 0 saturated heterocycles. The number of fused-ring (bicyclic) bond motifs is 1. The predicted molar refractivity (Wildman–Crippen MR) is 80.4 cm³/mol. The number of carbonyl (C=O) groups is 1. The first-order chi connectivity index (χ1) is 9.22. The van der Waals surface area contributed by atoms with E-state index in [4.69, 9.17) is 15.2 Å². The van der Waals surface area contributed by atoms with E-state index in [0.717, 1.165) is 31.6 Å². The van der Waals surface area contributed by atoms with E-state index < -0.39 is 0 Å². The summed E-state index contributed by atoms with van der Waals surface area (Å²) in [7, 11) is 0. The van der Waals surface area contributed by atoms with Crippen molar-refractivity contribution in [3.8, 4) is 5.75 Å². The summed E-state index contributed by atoms with van der Waals surface area (Å²) in [6.45, 7) is 2.86. The fourth-order valence-corrected chi connectivity index (χ4v) is 2.44. The van der Waals surface area contributed by atoms with Gasteiger partial charge in [-0.1, -0.05) is 6.07 Å². The molecule has 1 aromatic carbocycles. The molecule has 2 N–H and O–H groups in total. The van der Waals surface area contributed by atoms with Crippen LogP contribution in [0.15, 0.2) is 18.2 Å². The lowest BCUT2D eigenvalue weighted by Crippen LogP contribution is -2.22. The van der Waals surface area contributed by atoms with Crippen molar-refractivity contribution in [2.45, 2.75) is 26.2 Å². The van der Waals surface area contributed by atoms with Gasteiger partial charge >= 0.3 is 5.97 Å². The average molecular weight is 300 g/mol. The first-order valence-corrected chi connectivity index (χ1v) is 6.83. The number of aryl methyl sites for hydroxylation is 1. The van der Waals surface area contributed by atoms with E-state index >= 15 is 0 Å². The van der Waals surface area contributed by atoms with E-state index in [0.29, 0.717) is 12.5 Å². The number of hydrogen-bond acceptors (Lipinski definition) is 4. The lowest BCUT2D eigenvalue weighted by Gasteiger charge is -2.23. The van der Waals surface area contributed by atoms with Crippen LogP contribution in [0.4, 0.5) is 0 Å². The lowest BCUT2D eigenvalue weighted by atomic mass is 9.84. The Morgan fingerprint density at radius 2 is 2.20 bits per heavy atom. The summed E-state index contributed by atoms with van der Waals surface area (Å²) < 4.78 is 10.3. The summed E-state index contributed by atoms with van der Waals surface area (Å²) in [5, 5.41) is 0. The fraction of sp³-hybridized carbons (Fsp3) is 0.533. The van der Waals surface area contributed by atoms with Gasteiger partial charge in [-0.15, -0.1) is 12.4 Å². The Morgan fingerprint density at radius 1 is 1.40 bits per heavy atom. The van der Waals surface area contributed by atoms with Crippen LogP contribution in [-0.4, -0.2) is 25.7 Å². The summed E-state index contributed by atoms with van der Waals surface area (Å²) >= 11 is 0. The van der Waals surface area contributed by atoms with Crippen LogP contribution in [-0.2, 0) is 22.4 Å². The standard InChI is InChI=1S/C15H21NO3.ClH/c1-2-18-15(17)10-19-14-6-5-12-4-3-11(9-16)7-13(12)8-14;/h5-6,8,11H,2-4,7,9-10,16H2,1H3;1H. The van der Waals surface area contributed by atoms with Gasteiger partial charge in [-0.05, 0) is 61.9 Å². The van der Waals surface area contributed by atoms with Gasteiger partial charge in [0, 0.05) is 0 Å². The van der Waals surface area contributed by atoms with Gasteiger partial charge < -0.3 is 15.2 Å². The van der Waals surface area contributed by atoms with E-state index in [-0.39, 0.29) is 25.0 Å². The molecule has 0 fully saturated rings. The summed E-state index contributed by atoms with van der Waals surface area (Å²) in [5.74, 6) is 0.956. The third-order valence-corrected chi connectivity index (χ3v) is 3.50. The first-order valence-electron chi connectivity index (χ1n) is 6.83. The maximum atomic E-state index is 11.2. The van der Waals surface area contributed by atoms with Crippen LogP contribution in [0.5, 0.6) is 5.75 Å². The number of nitrogens with two attached hydrogens (primary N) is 1. The molecule has 0 aromatic heterocycles. The van der Waals surface area contributed by atoms with E-state index in [1.165, 1.54) is 11.1 Å². The van der Waals surface area contributed by atoms with Gasteiger partial charge in [-0.2, -0.15) is 0 Å². The predicted octanol–water partition coefficient (Wildman–Crippen LogP) is 2.11. The molecule has 0 aliphatic heterocycles. The van der Waals surface area contributed by atoms with Crippen LogP contribution < -0.4 is 10.5 Å². The molecule has 2 rings (SSSR count).